The molecule has 0 aliphatic rings. The average molecular weight is 284 g/mol. The summed E-state index contributed by atoms with van der Waals surface area (Å²) in [5, 5.41) is 10.4. The number of hydrogen-bond acceptors (Lipinski definition) is 5. The smallest absolute Gasteiger partial charge is 0.329 e. The number of imidazole rings is 1. The predicted octanol–water partition coefficient (Wildman–Crippen LogP) is -0.811. The van der Waals surface area contributed by atoms with Crippen LogP contribution in [-0.4, -0.2) is 57.7 Å². The number of nitrogens with one attached hydrogen (secondary N) is 1. The van der Waals surface area contributed by atoms with Gasteiger partial charge in [0.15, 0.2) is 0 Å². The molecule has 0 aliphatic carbocycles. The number of aromatic nitrogens is 2. The third kappa shape index (κ3) is 5.06. The van der Waals surface area contributed by atoms with E-state index in [1.807, 2.05) is 0 Å². The summed E-state index contributed by atoms with van der Waals surface area (Å²) < 4.78 is 6.32. The summed E-state index contributed by atoms with van der Waals surface area (Å²) in [6.45, 7) is -0.850. The van der Waals surface area contributed by atoms with E-state index in [-0.39, 0.29) is 6.54 Å². The molecule has 2 N–H and O–H groups in total. The van der Waals surface area contributed by atoms with Crippen molar-refractivity contribution in [3.8, 4) is 0 Å². The van der Waals surface area contributed by atoms with Gasteiger partial charge >= 0.3 is 12.0 Å². The fourth-order valence-electron chi connectivity index (χ4n) is 1.31. The normalized spacial score (nSPS) is 10.1. The van der Waals surface area contributed by atoms with Gasteiger partial charge in [-0.15, -0.1) is 0 Å². The van der Waals surface area contributed by atoms with E-state index < -0.39 is 31.1 Å². The SMILES string of the molecule is CN(Cc1nccn1C)C(=O)NC(=O)COCC(=O)O. The molecule has 1 heterocycles. The number of amides is 3. The molecule has 0 unspecified atom stereocenters. The van der Waals surface area contributed by atoms with Crippen molar-refractivity contribution in [3.05, 3.63) is 18.2 Å². The van der Waals surface area contributed by atoms with Crippen LogP contribution in [-0.2, 0) is 27.9 Å². The van der Waals surface area contributed by atoms with Crippen LogP contribution in [0.1, 0.15) is 5.82 Å². The van der Waals surface area contributed by atoms with E-state index in [2.05, 4.69) is 15.0 Å². The Kier molecular flexibility index (Phi) is 5.66. The van der Waals surface area contributed by atoms with Crippen LogP contribution >= 0.6 is 0 Å². The van der Waals surface area contributed by atoms with E-state index in [0.29, 0.717) is 5.82 Å². The first-order valence-electron chi connectivity index (χ1n) is 5.71. The maximum absolute atomic E-state index is 11.7. The Hall–Kier alpha value is -2.42. The lowest BCUT2D eigenvalue weighted by Gasteiger charge is -2.16. The molecule has 0 fully saturated rings. The molecule has 0 saturated carbocycles. The molecule has 0 spiro atoms. The van der Waals surface area contributed by atoms with Gasteiger partial charge in [-0.05, 0) is 0 Å². The second-order valence-electron chi connectivity index (χ2n) is 4.05. The van der Waals surface area contributed by atoms with Crippen LogP contribution in [0, 0.1) is 0 Å². The zero-order chi connectivity index (χ0) is 15.1. The predicted molar refractivity (Wildman–Crippen MR) is 66.7 cm³/mol. The fourth-order valence-corrected chi connectivity index (χ4v) is 1.31. The van der Waals surface area contributed by atoms with Crippen LogP contribution in [0.5, 0.6) is 0 Å². The lowest BCUT2D eigenvalue weighted by Crippen LogP contribution is -2.42. The number of imide groups is 1. The quantitative estimate of drug-likeness (QED) is 0.706. The highest BCUT2D eigenvalue weighted by atomic mass is 16.5. The highest BCUT2D eigenvalue weighted by molar-refractivity contribution is 5.94. The minimum absolute atomic E-state index is 0.235. The van der Waals surface area contributed by atoms with E-state index in [1.54, 1.807) is 24.0 Å². The first kappa shape index (κ1) is 15.6. The van der Waals surface area contributed by atoms with Crippen molar-refractivity contribution < 1.29 is 24.2 Å². The summed E-state index contributed by atoms with van der Waals surface area (Å²) in [6, 6.07) is -0.614. The van der Waals surface area contributed by atoms with Gasteiger partial charge in [-0.2, -0.15) is 0 Å². The Morgan fingerprint density at radius 2 is 2.15 bits per heavy atom. The van der Waals surface area contributed by atoms with E-state index in [9.17, 15) is 14.4 Å². The molecule has 20 heavy (non-hydrogen) atoms. The average Bonchev–Trinajstić information content (AvgIpc) is 2.74. The van der Waals surface area contributed by atoms with Gasteiger partial charge in [-0.1, -0.05) is 0 Å². The van der Waals surface area contributed by atoms with Crippen LogP contribution in [0.4, 0.5) is 4.79 Å². The van der Waals surface area contributed by atoms with Crippen LogP contribution in [0.2, 0.25) is 0 Å². The van der Waals surface area contributed by atoms with E-state index in [4.69, 9.17) is 5.11 Å². The van der Waals surface area contributed by atoms with Gasteiger partial charge in [-0.25, -0.2) is 14.6 Å². The Bertz CT molecular complexity index is 499. The highest BCUT2D eigenvalue weighted by Crippen LogP contribution is 1.99. The standard InChI is InChI=1S/C11H16N4O5/c1-14-4-3-12-8(14)5-15(2)11(19)13-9(16)6-20-7-10(17)18/h3-4H,5-7H2,1-2H3,(H,17,18)(H,13,16,19). The molecule has 0 atom stereocenters. The molecule has 9 heteroatoms. The summed E-state index contributed by atoms with van der Waals surface area (Å²) in [5.41, 5.74) is 0. The number of urea groups is 1. The van der Waals surface area contributed by atoms with Crippen molar-refractivity contribution in [2.24, 2.45) is 7.05 Å². The molecule has 110 valence electrons. The number of carboxylic acid groups (broad SMARTS) is 1. The van der Waals surface area contributed by atoms with Crippen molar-refractivity contribution in [1.82, 2.24) is 19.8 Å². The molecule has 0 radical (unpaired) electrons. The van der Waals surface area contributed by atoms with Crippen LogP contribution in [0.25, 0.3) is 0 Å². The minimum atomic E-state index is -1.18. The lowest BCUT2D eigenvalue weighted by molar-refractivity contribution is -0.143. The number of rotatable bonds is 6. The fraction of sp³-hybridized carbons (Fsp3) is 0.455. The Morgan fingerprint density at radius 3 is 2.70 bits per heavy atom. The zero-order valence-electron chi connectivity index (χ0n) is 11.2. The number of aryl methyl sites for hydroxylation is 1. The third-order valence-electron chi connectivity index (χ3n) is 2.35. The molecule has 1 aromatic heterocycles. The maximum Gasteiger partial charge on any atom is 0.329 e. The van der Waals surface area contributed by atoms with Crippen molar-refractivity contribution in [2.75, 3.05) is 20.3 Å². The molecule has 0 aromatic carbocycles. The summed E-state index contributed by atoms with van der Waals surface area (Å²) in [4.78, 5) is 38.5. The lowest BCUT2D eigenvalue weighted by atomic mass is 10.5. The molecule has 0 saturated heterocycles. The van der Waals surface area contributed by atoms with Crippen LogP contribution in [0.15, 0.2) is 12.4 Å². The molecular formula is C11H16N4O5. The first-order chi connectivity index (χ1) is 9.40. The highest BCUT2D eigenvalue weighted by Gasteiger charge is 2.14. The van der Waals surface area contributed by atoms with Crippen molar-refractivity contribution >= 4 is 17.9 Å². The van der Waals surface area contributed by atoms with Gasteiger partial charge in [-0.3, -0.25) is 10.1 Å². The van der Waals surface area contributed by atoms with Crippen LogP contribution in [0.3, 0.4) is 0 Å². The number of aliphatic carboxylic acids is 1. The number of ether oxygens (including phenoxy) is 1. The van der Waals surface area contributed by atoms with Gasteiger partial charge in [0.1, 0.15) is 19.0 Å². The minimum Gasteiger partial charge on any atom is -0.480 e. The Balaban J connectivity index is 2.36. The van der Waals surface area contributed by atoms with Crippen molar-refractivity contribution in [3.63, 3.8) is 0 Å². The monoisotopic (exact) mass is 284 g/mol. The molecule has 1 rings (SSSR count). The number of hydrogen-bond donors (Lipinski definition) is 2. The number of nitrogens with zero attached hydrogens (tertiary/aromatic N) is 3. The van der Waals surface area contributed by atoms with Crippen molar-refractivity contribution in [2.45, 2.75) is 6.54 Å². The Morgan fingerprint density at radius 1 is 1.45 bits per heavy atom. The molecular weight excluding hydrogens is 268 g/mol. The molecule has 1 aromatic rings. The molecule has 9 nitrogen and oxygen atoms in total. The second kappa shape index (κ2) is 7.24. The van der Waals surface area contributed by atoms with Gasteiger partial charge in [0.25, 0.3) is 5.91 Å². The van der Waals surface area contributed by atoms with Gasteiger partial charge in [0.05, 0.1) is 6.54 Å². The molecule has 0 aliphatic heterocycles. The van der Waals surface area contributed by atoms with E-state index in [0.717, 1.165) is 0 Å². The van der Waals surface area contributed by atoms with E-state index >= 15 is 0 Å². The number of carbonyl (C=O) groups is 3. The number of carbonyl (C=O) groups excluding carboxylic acids is 2. The summed E-state index contributed by atoms with van der Waals surface area (Å²) >= 11 is 0. The van der Waals surface area contributed by atoms with Gasteiger partial charge < -0.3 is 19.3 Å². The topological polar surface area (TPSA) is 114 Å². The largest absolute Gasteiger partial charge is 0.480 e. The summed E-state index contributed by atoms with van der Waals surface area (Å²) in [5.74, 6) is -1.23. The third-order valence-corrected chi connectivity index (χ3v) is 2.35. The zero-order valence-corrected chi connectivity index (χ0v) is 11.2. The first-order valence-corrected chi connectivity index (χ1v) is 5.71. The molecule has 3 amide bonds. The Labute approximate surface area is 115 Å². The summed E-state index contributed by atoms with van der Waals surface area (Å²) in [6.07, 6.45) is 3.35. The van der Waals surface area contributed by atoms with Gasteiger partial charge in [0.2, 0.25) is 0 Å². The summed E-state index contributed by atoms with van der Waals surface area (Å²) in [7, 11) is 3.30. The van der Waals surface area contributed by atoms with Gasteiger partial charge in [0, 0.05) is 26.5 Å². The van der Waals surface area contributed by atoms with E-state index in [1.165, 1.54) is 11.9 Å². The molecule has 0 bridgehead atoms. The maximum atomic E-state index is 11.7. The second-order valence-corrected chi connectivity index (χ2v) is 4.05. The van der Waals surface area contributed by atoms with Crippen molar-refractivity contribution in [1.29, 1.82) is 0 Å². The number of carboxylic acids is 1. The van der Waals surface area contributed by atoms with Crippen LogP contribution < -0.4 is 5.32 Å².